The Labute approximate surface area is 168 Å². The second kappa shape index (κ2) is 8.05. The second-order valence-corrected chi connectivity index (χ2v) is 7.25. The fraction of sp³-hybridized carbons (Fsp3) is 0.318. The number of carbonyl (C=O) groups excluding carboxylic acids is 3. The SMILES string of the molecule is Cc1ccc(C(=O)OC[C@H]2OC(=O)[C@](C)(O)[C@@H]2OC(=O)c2ccc(C)cc2)cc1. The van der Waals surface area contributed by atoms with E-state index >= 15 is 0 Å². The zero-order chi connectivity index (χ0) is 21.2. The molecule has 1 N–H and O–H groups in total. The van der Waals surface area contributed by atoms with Crippen LogP contribution in [0.3, 0.4) is 0 Å². The van der Waals surface area contributed by atoms with Gasteiger partial charge in [-0.15, -0.1) is 0 Å². The number of ether oxygens (including phenoxy) is 3. The summed E-state index contributed by atoms with van der Waals surface area (Å²) in [7, 11) is 0. The summed E-state index contributed by atoms with van der Waals surface area (Å²) in [4.78, 5) is 36.7. The third-order valence-electron chi connectivity index (χ3n) is 4.75. The van der Waals surface area contributed by atoms with E-state index in [0.29, 0.717) is 5.56 Å². The molecule has 0 radical (unpaired) electrons. The van der Waals surface area contributed by atoms with Gasteiger partial charge in [-0.1, -0.05) is 35.4 Å². The van der Waals surface area contributed by atoms with Crippen molar-refractivity contribution in [1.29, 1.82) is 0 Å². The maximum absolute atomic E-state index is 12.4. The highest BCUT2D eigenvalue weighted by molar-refractivity contribution is 5.91. The van der Waals surface area contributed by atoms with Gasteiger partial charge in [0.1, 0.15) is 6.61 Å². The summed E-state index contributed by atoms with van der Waals surface area (Å²) in [6, 6.07) is 13.4. The molecule has 2 aromatic rings. The molecular weight excluding hydrogens is 376 g/mol. The third kappa shape index (κ3) is 4.46. The molecule has 3 atom stereocenters. The van der Waals surface area contributed by atoms with Crippen LogP contribution in [0.25, 0.3) is 0 Å². The van der Waals surface area contributed by atoms with Crippen molar-refractivity contribution in [2.24, 2.45) is 0 Å². The lowest BCUT2D eigenvalue weighted by Gasteiger charge is -2.24. The van der Waals surface area contributed by atoms with Gasteiger partial charge in [0.2, 0.25) is 0 Å². The number of benzene rings is 2. The number of carbonyl (C=O) groups is 3. The van der Waals surface area contributed by atoms with Gasteiger partial charge in [-0.25, -0.2) is 14.4 Å². The van der Waals surface area contributed by atoms with Crippen molar-refractivity contribution in [3.63, 3.8) is 0 Å². The average molecular weight is 398 g/mol. The largest absolute Gasteiger partial charge is 0.458 e. The summed E-state index contributed by atoms with van der Waals surface area (Å²) in [5.41, 5.74) is 0.502. The molecule has 152 valence electrons. The van der Waals surface area contributed by atoms with E-state index in [9.17, 15) is 19.5 Å². The van der Waals surface area contributed by atoms with Crippen molar-refractivity contribution < 1.29 is 33.7 Å². The van der Waals surface area contributed by atoms with Gasteiger partial charge < -0.3 is 19.3 Å². The summed E-state index contributed by atoms with van der Waals surface area (Å²) in [5, 5.41) is 10.5. The van der Waals surface area contributed by atoms with Gasteiger partial charge in [0.25, 0.3) is 0 Å². The van der Waals surface area contributed by atoms with Gasteiger partial charge in [0.05, 0.1) is 11.1 Å². The molecule has 7 nitrogen and oxygen atoms in total. The maximum atomic E-state index is 12.4. The lowest BCUT2D eigenvalue weighted by atomic mass is 9.98. The Morgan fingerprint density at radius 1 is 0.966 bits per heavy atom. The minimum absolute atomic E-state index is 0.265. The minimum atomic E-state index is -2.05. The van der Waals surface area contributed by atoms with E-state index in [-0.39, 0.29) is 12.2 Å². The molecule has 0 unspecified atom stereocenters. The van der Waals surface area contributed by atoms with Gasteiger partial charge in [-0.05, 0) is 45.0 Å². The van der Waals surface area contributed by atoms with Crippen molar-refractivity contribution in [1.82, 2.24) is 0 Å². The third-order valence-corrected chi connectivity index (χ3v) is 4.75. The molecule has 29 heavy (non-hydrogen) atoms. The first-order chi connectivity index (χ1) is 13.7. The molecule has 3 rings (SSSR count). The molecule has 0 bridgehead atoms. The van der Waals surface area contributed by atoms with Crippen molar-refractivity contribution in [3.05, 3.63) is 70.8 Å². The molecule has 0 amide bonds. The Balaban J connectivity index is 1.70. The van der Waals surface area contributed by atoms with E-state index in [1.54, 1.807) is 48.5 Å². The molecule has 1 aliphatic rings. The predicted molar refractivity (Wildman–Crippen MR) is 102 cm³/mol. The highest BCUT2D eigenvalue weighted by atomic mass is 16.6. The Bertz CT molecular complexity index is 913. The molecule has 1 fully saturated rings. The highest BCUT2D eigenvalue weighted by Gasteiger charge is 2.56. The zero-order valence-corrected chi connectivity index (χ0v) is 16.4. The number of hydrogen-bond donors (Lipinski definition) is 1. The van der Waals surface area contributed by atoms with Crippen molar-refractivity contribution in [3.8, 4) is 0 Å². The van der Waals surface area contributed by atoms with Gasteiger partial charge in [-0.3, -0.25) is 0 Å². The van der Waals surface area contributed by atoms with Gasteiger partial charge in [0, 0.05) is 0 Å². The van der Waals surface area contributed by atoms with Crippen LogP contribution in [-0.4, -0.2) is 47.4 Å². The Morgan fingerprint density at radius 3 is 1.97 bits per heavy atom. The van der Waals surface area contributed by atoms with Crippen LogP contribution >= 0.6 is 0 Å². The number of aliphatic hydroxyl groups is 1. The number of aryl methyl sites for hydroxylation is 2. The van der Waals surface area contributed by atoms with Gasteiger partial charge >= 0.3 is 17.9 Å². The molecule has 0 spiro atoms. The number of esters is 3. The second-order valence-electron chi connectivity index (χ2n) is 7.25. The van der Waals surface area contributed by atoms with Crippen LogP contribution in [0.5, 0.6) is 0 Å². The van der Waals surface area contributed by atoms with Crippen LogP contribution in [0.1, 0.15) is 38.8 Å². The summed E-state index contributed by atoms with van der Waals surface area (Å²) in [6.45, 7) is 4.61. The van der Waals surface area contributed by atoms with Crippen LogP contribution in [0.15, 0.2) is 48.5 Å². The van der Waals surface area contributed by atoms with E-state index in [1.807, 2.05) is 13.8 Å². The Morgan fingerprint density at radius 2 is 1.45 bits per heavy atom. The molecule has 1 saturated heterocycles. The Kier molecular flexibility index (Phi) is 5.70. The standard InChI is InChI=1S/C22H22O7/c1-13-4-8-15(9-5-13)19(23)27-12-17-18(22(3,26)21(25)28-17)29-20(24)16-10-6-14(2)7-11-16/h4-11,17-18,26H,12H2,1-3H3/t17-,18-,22-/m1/s1. The zero-order valence-electron chi connectivity index (χ0n) is 16.4. The molecule has 0 aliphatic carbocycles. The van der Waals surface area contributed by atoms with Crippen LogP contribution < -0.4 is 0 Å². The predicted octanol–water partition coefficient (Wildman–Crippen LogP) is 2.36. The minimum Gasteiger partial charge on any atom is -0.458 e. The van der Waals surface area contributed by atoms with Gasteiger partial charge in [-0.2, -0.15) is 0 Å². The average Bonchev–Trinajstić information content (AvgIpc) is 2.90. The number of hydrogen-bond acceptors (Lipinski definition) is 7. The topological polar surface area (TPSA) is 99.1 Å². The lowest BCUT2D eigenvalue weighted by molar-refractivity contribution is -0.155. The van der Waals surface area contributed by atoms with E-state index in [2.05, 4.69) is 0 Å². The van der Waals surface area contributed by atoms with E-state index in [4.69, 9.17) is 14.2 Å². The van der Waals surface area contributed by atoms with Crippen molar-refractivity contribution in [2.75, 3.05) is 6.61 Å². The van der Waals surface area contributed by atoms with Crippen LogP contribution in [-0.2, 0) is 19.0 Å². The maximum Gasteiger partial charge on any atom is 0.342 e. The molecule has 0 saturated carbocycles. The molecule has 1 aliphatic heterocycles. The first kappa shape index (κ1) is 20.5. The summed E-state index contributed by atoms with van der Waals surface area (Å²) in [6.07, 6.45) is -2.45. The fourth-order valence-corrected chi connectivity index (χ4v) is 2.91. The lowest BCUT2D eigenvalue weighted by Crippen LogP contribution is -2.47. The summed E-state index contributed by atoms with van der Waals surface area (Å²) >= 11 is 0. The van der Waals surface area contributed by atoms with E-state index in [1.165, 1.54) is 6.92 Å². The van der Waals surface area contributed by atoms with Crippen LogP contribution in [0.4, 0.5) is 0 Å². The van der Waals surface area contributed by atoms with Crippen LogP contribution in [0.2, 0.25) is 0 Å². The summed E-state index contributed by atoms with van der Waals surface area (Å²) < 4.78 is 15.7. The molecule has 0 aromatic heterocycles. The summed E-state index contributed by atoms with van der Waals surface area (Å²) in [5.74, 6) is -2.28. The fourth-order valence-electron chi connectivity index (χ4n) is 2.91. The Hall–Kier alpha value is -3.19. The number of rotatable bonds is 5. The highest BCUT2D eigenvalue weighted by Crippen LogP contribution is 2.30. The van der Waals surface area contributed by atoms with Crippen molar-refractivity contribution >= 4 is 17.9 Å². The molecule has 1 heterocycles. The first-order valence-corrected chi connectivity index (χ1v) is 9.13. The molecule has 2 aromatic carbocycles. The van der Waals surface area contributed by atoms with E-state index < -0.39 is 35.7 Å². The molecule has 7 heteroatoms. The first-order valence-electron chi connectivity index (χ1n) is 9.13. The smallest absolute Gasteiger partial charge is 0.342 e. The van der Waals surface area contributed by atoms with Crippen molar-refractivity contribution in [2.45, 2.75) is 38.6 Å². The number of cyclic esters (lactones) is 1. The van der Waals surface area contributed by atoms with Gasteiger partial charge in [0.15, 0.2) is 17.8 Å². The molecular formula is C22H22O7. The normalized spacial score (nSPS) is 23.4. The monoisotopic (exact) mass is 398 g/mol. The van der Waals surface area contributed by atoms with Crippen LogP contribution in [0, 0.1) is 13.8 Å². The van der Waals surface area contributed by atoms with E-state index in [0.717, 1.165) is 11.1 Å². The quantitative estimate of drug-likeness (QED) is 0.610.